The summed E-state index contributed by atoms with van der Waals surface area (Å²) in [5.74, 6) is 1.06. The number of amides is 2. The van der Waals surface area contributed by atoms with Gasteiger partial charge in [0, 0.05) is 11.9 Å². The first-order valence-electron chi connectivity index (χ1n) is 6.78. The third kappa shape index (κ3) is 3.82. The monoisotopic (exact) mass is 269 g/mol. The molecule has 2 amide bonds. The van der Waals surface area contributed by atoms with Crippen LogP contribution in [0.3, 0.4) is 0 Å². The topological polar surface area (TPSA) is 54.0 Å². The standard InChI is InChI=1S/C16H19N3O/c1-3-12(2)13-7-9-14(10-8-13)18-16(20)19-15-6-4-5-11-17-15/h4-12H,3H2,1-2H3,(H2,17,18,19,20). The van der Waals surface area contributed by atoms with Gasteiger partial charge in [-0.15, -0.1) is 0 Å². The average Bonchev–Trinajstić information content (AvgIpc) is 2.48. The summed E-state index contributed by atoms with van der Waals surface area (Å²) < 4.78 is 0. The molecular formula is C16H19N3O. The third-order valence-corrected chi connectivity index (χ3v) is 3.26. The van der Waals surface area contributed by atoms with Gasteiger partial charge in [0.1, 0.15) is 5.82 Å². The predicted molar refractivity (Wildman–Crippen MR) is 82.0 cm³/mol. The molecule has 0 spiro atoms. The summed E-state index contributed by atoms with van der Waals surface area (Å²) in [4.78, 5) is 15.8. The van der Waals surface area contributed by atoms with Crippen LogP contribution in [-0.4, -0.2) is 11.0 Å². The van der Waals surface area contributed by atoms with E-state index in [2.05, 4.69) is 29.5 Å². The lowest BCUT2D eigenvalue weighted by molar-refractivity contribution is 0.262. The summed E-state index contributed by atoms with van der Waals surface area (Å²) in [6.07, 6.45) is 2.74. The maximum Gasteiger partial charge on any atom is 0.324 e. The Balaban J connectivity index is 1.94. The molecule has 1 aromatic heterocycles. The second kappa shape index (κ2) is 6.70. The maximum atomic E-state index is 11.8. The van der Waals surface area contributed by atoms with E-state index in [9.17, 15) is 4.79 Å². The Hall–Kier alpha value is -2.36. The molecule has 0 saturated carbocycles. The zero-order chi connectivity index (χ0) is 14.4. The van der Waals surface area contributed by atoms with E-state index in [1.54, 1.807) is 18.3 Å². The molecule has 4 nitrogen and oxygen atoms in total. The van der Waals surface area contributed by atoms with Crippen LogP contribution < -0.4 is 10.6 Å². The van der Waals surface area contributed by atoms with Crippen molar-refractivity contribution in [3.8, 4) is 0 Å². The molecule has 0 aliphatic heterocycles. The van der Waals surface area contributed by atoms with Gasteiger partial charge in [0.15, 0.2) is 0 Å². The average molecular weight is 269 g/mol. The highest BCUT2D eigenvalue weighted by Gasteiger charge is 2.05. The fraction of sp³-hybridized carbons (Fsp3) is 0.250. The van der Waals surface area contributed by atoms with Gasteiger partial charge in [-0.2, -0.15) is 0 Å². The molecule has 0 fully saturated rings. The number of carbonyl (C=O) groups is 1. The number of anilines is 2. The first-order chi connectivity index (χ1) is 9.69. The van der Waals surface area contributed by atoms with Crippen molar-refractivity contribution >= 4 is 17.5 Å². The van der Waals surface area contributed by atoms with Crippen molar-refractivity contribution in [2.24, 2.45) is 0 Å². The number of nitrogens with zero attached hydrogens (tertiary/aromatic N) is 1. The van der Waals surface area contributed by atoms with Crippen molar-refractivity contribution in [3.63, 3.8) is 0 Å². The SMILES string of the molecule is CCC(C)c1ccc(NC(=O)Nc2ccccn2)cc1. The van der Waals surface area contributed by atoms with Gasteiger partial charge in [-0.05, 0) is 42.2 Å². The molecule has 0 bridgehead atoms. The van der Waals surface area contributed by atoms with Gasteiger partial charge < -0.3 is 5.32 Å². The van der Waals surface area contributed by atoms with E-state index in [0.29, 0.717) is 11.7 Å². The van der Waals surface area contributed by atoms with Gasteiger partial charge in [0.25, 0.3) is 0 Å². The van der Waals surface area contributed by atoms with Crippen molar-refractivity contribution in [2.45, 2.75) is 26.2 Å². The van der Waals surface area contributed by atoms with E-state index in [0.717, 1.165) is 12.1 Å². The Bertz CT molecular complexity index is 552. The molecule has 4 heteroatoms. The van der Waals surface area contributed by atoms with Crippen LogP contribution in [0.1, 0.15) is 31.7 Å². The molecule has 20 heavy (non-hydrogen) atoms. The van der Waals surface area contributed by atoms with E-state index >= 15 is 0 Å². The smallest absolute Gasteiger partial charge is 0.308 e. The van der Waals surface area contributed by atoms with Crippen LogP contribution in [0, 0.1) is 0 Å². The Morgan fingerprint density at radius 1 is 1.15 bits per heavy atom. The zero-order valence-corrected chi connectivity index (χ0v) is 11.8. The minimum absolute atomic E-state index is 0.292. The van der Waals surface area contributed by atoms with Crippen LogP contribution in [0.5, 0.6) is 0 Å². The summed E-state index contributed by atoms with van der Waals surface area (Å²) in [6, 6.07) is 13.0. The lowest BCUT2D eigenvalue weighted by atomic mass is 9.99. The van der Waals surface area contributed by atoms with Gasteiger partial charge in [-0.1, -0.05) is 32.0 Å². The molecule has 2 N–H and O–H groups in total. The number of benzene rings is 1. The molecular weight excluding hydrogens is 250 g/mol. The van der Waals surface area contributed by atoms with E-state index in [-0.39, 0.29) is 6.03 Å². The van der Waals surface area contributed by atoms with Crippen molar-refractivity contribution in [1.29, 1.82) is 0 Å². The quantitative estimate of drug-likeness (QED) is 0.872. The molecule has 0 aliphatic carbocycles. The summed E-state index contributed by atoms with van der Waals surface area (Å²) in [5.41, 5.74) is 2.05. The number of carbonyl (C=O) groups excluding carboxylic acids is 1. The molecule has 2 aromatic rings. The molecule has 0 radical (unpaired) electrons. The number of hydrogen-bond donors (Lipinski definition) is 2. The number of hydrogen-bond acceptors (Lipinski definition) is 2. The number of rotatable bonds is 4. The summed E-state index contributed by atoms with van der Waals surface area (Å²) in [7, 11) is 0. The highest BCUT2D eigenvalue weighted by Crippen LogP contribution is 2.20. The van der Waals surface area contributed by atoms with Crippen LogP contribution in [-0.2, 0) is 0 Å². The highest BCUT2D eigenvalue weighted by molar-refractivity contribution is 5.99. The van der Waals surface area contributed by atoms with E-state index < -0.39 is 0 Å². The van der Waals surface area contributed by atoms with Crippen molar-refractivity contribution in [2.75, 3.05) is 10.6 Å². The van der Waals surface area contributed by atoms with Gasteiger partial charge >= 0.3 is 6.03 Å². The van der Waals surface area contributed by atoms with E-state index in [1.807, 2.05) is 30.3 Å². The Morgan fingerprint density at radius 2 is 1.90 bits per heavy atom. The fourth-order valence-corrected chi connectivity index (χ4v) is 1.85. The third-order valence-electron chi connectivity index (χ3n) is 3.26. The van der Waals surface area contributed by atoms with E-state index in [4.69, 9.17) is 0 Å². The summed E-state index contributed by atoms with van der Waals surface area (Å²) in [5, 5.41) is 5.46. The molecule has 0 saturated heterocycles. The maximum absolute atomic E-state index is 11.8. The largest absolute Gasteiger partial charge is 0.324 e. The van der Waals surface area contributed by atoms with Crippen molar-refractivity contribution < 1.29 is 4.79 Å². The highest BCUT2D eigenvalue weighted by atomic mass is 16.2. The second-order valence-corrected chi connectivity index (χ2v) is 4.73. The number of nitrogens with one attached hydrogen (secondary N) is 2. The van der Waals surface area contributed by atoms with Crippen LogP contribution in [0.15, 0.2) is 48.7 Å². The second-order valence-electron chi connectivity index (χ2n) is 4.73. The normalized spacial score (nSPS) is 11.7. The molecule has 2 rings (SSSR count). The molecule has 104 valence electrons. The van der Waals surface area contributed by atoms with Crippen LogP contribution in [0.4, 0.5) is 16.3 Å². The lowest BCUT2D eigenvalue weighted by Crippen LogP contribution is -2.19. The minimum Gasteiger partial charge on any atom is -0.308 e. The summed E-state index contributed by atoms with van der Waals surface area (Å²) >= 11 is 0. The van der Waals surface area contributed by atoms with Crippen molar-refractivity contribution in [1.82, 2.24) is 4.98 Å². The Morgan fingerprint density at radius 3 is 2.50 bits per heavy atom. The number of pyridine rings is 1. The van der Waals surface area contributed by atoms with Crippen LogP contribution in [0.25, 0.3) is 0 Å². The van der Waals surface area contributed by atoms with Gasteiger partial charge in [0.05, 0.1) is 0 Å². The van der Waals surface area contributed by atoms with Gasteiger partial charge in [-0.3, -0.25) is 5.32 Å². The fourth-order valence-electron chi connectivity index (χ4n) is 1.85. The zero-order valence-electron chi connectivity index (χ0n) is 11.8. The molecule has 1 heterocycles. The van der Waals surface area contributed by atoms with Crippen molar-refractivity contribution in [3.05, 3.63) is 54.2 Å². The lowest BCUT2D eigenvalue weighted by Gasteiger charge is -2.11. The first-order valence-corrected chi connectivity index (χ1v) is 6.78. The Kier molecular flexibility index (Phi) is 4.71. The van der Waals surface area contributed by atoms with Gasteiger partial charge in [0.2, 0.25) is 0 Å². The first kappa shape index (κ1) is 14.1. The van der Waals surface area contributed by atoms with Gasteiger partial charge in [-0.25, -0.2) is 9.78 Å². The van der Waals surface area contributed by atoms with Crippen LogP contribution >= 0.6 is 0 Å². The van der Waals surface area contributed by atoms with E-state index in [1.165, 1.54) is 5.56 Å². The molecule has 1 aromatic carbocycles. The van der Waals surface area contributed by atoms with Crippen LogP contribution in [0.2, 0.25) is 0 Å². The Labute approximate surface area is 119 Å². The summed E-state index contributed by atoms with van der Waals surface area (Å²) in [6.45, 7) is 4.35. The molecule has 0 aliphatic rings. The molecule has 1 unspecified atom stereocenters. The number of urea groups is 1. The number of aromatic nitrogens is 1. The minimum atomic E-state index is -0.292. The molecule has 1 atom stereocenters. The predicted octanol–water partition coefficient (Wildman–Crippen LogP) is 4.24.